The molecule has 3 aromatic rings. The van der Waals surface area contributed by atoms with Gasteiger partial charge in [-0.1, -0.05) is 36.0 Å². The van der Waals surface area contributed by atoms with Crippen molar-refractivity contribution in [1.29, 1.82) is 0 Å². The van der Waals surface area contributed by atoms with Gasteiger partial charge in [0.1, 0.15) is 0 Å². The summed E-state index contributed by atoms with van der Waals surface area (Å²) < 4.78 is 1.69. The minimum atomic E-state index is 0.108. The summed E-state index contributed by atoms with van der Waals surface area (Å²) in [7, 11) is 0. The monoisotopic (exact) mass is 366 g/mol. The standard InChI is InChI=1S/C20H22N4OS/c1-12-8-6-7-9-17(12)24-20(21-22-23-24)26-11-18(25)19-15(4)13(2)10-14(3)16(19)5/h6-10H,11H2,1-5H3. The van der Waals surface area contributed by atoms with E-state index in [1.807, 2.05) is 58.9 Å². The summed E-state index contributed by atoms with van der Waals surface area (Å²) in [5.74, 6) is 0.410. The van der Waals surface area contributed by atoms with E-state index in [4.69, 9.17) is 0 Å². The first kappa shape index (κ1) is 18.3. The molecule has 134 valence electrons. The van der Waals surface area contributed by atoms with Gasteiger partial charge in [-0.15, -0.1) is 5.10 Å². The van der Waals surface area contributed by atoms with Crippen LogP contribution < -0.4 is 0 Å². The molecule has 0 fully saturated rings. The molecular formula is C20H22N4OS. The number of carbonyl (C=O) groups excluding carboxylic acids is 1. The summed E-state index contributed by atoms with van der Waals surface area (Å²) in [6.45, 7) is 10.1. The van der Waals surface area contributed by atoms with E-state index in [1.54, 1.807) is 4.68 Å². The first-order chi connectivity index (χ1) is 12.4. The molecule has 0 aliphatic heterocycles. The fourth-order valence-electron chi connectivity index (χ4n) is 3.06. The summed E-state index contributed by atoms with van der Waals surface area (Å²) in [5.41, 5.74) is 7.22. The lowest BCUT2D eigenvalue weighted by Crippen LogP contribution is -2.11. The Balaban J connectivity index is 1.85. The summed E-state index contributed by atoms with van der Waals surface area (Å²) in [5, 5.41) is 12.6. The molecule has 0 aliphatic carbocycles. The van der Waals surface area contributed by atoms with Gasteiger partial charge in [-0.05, 0) is 78.9 Å². The van der Waals surface area contributed by atoms with Crippen LogP contribution in [-0.4, -0.2) is 31.7 Å². The number of benzene rings is 2. The van der Waals surface area contributed by atoms with E-state index >= 15 is 0 Å². The second-order valence-corrected chi connectivity index (χ2v) is 7.45. The quantitative estimate of drug-likeness (QED) is 0.501. The highest BCUT2D eigenvalue weighted by atomic mass is 32.2. The minimum absolute atomic E-state index is 0.108. The average Bonchev–Trinajstić information content (AvgIpc) is 3.07. The number of carbonyl (C=O) groups is 1. The Morgan fingerprint density at radius 2 is 1.65 bits per heavy atom. The maximum Gasteiger partial charge on any atom is 0.214 e. The molecule has 0 radical (unpaired) electrons. The van der Waals surface area contributed by atoms with Gasteiger partial charge >= 0.3 is 0 Å². The number of rotatable bonds is 5. The topological polar surface area (TPSA) is 60.7 Å². The van der Waals surface area contributed by atoms with Gasteiger partial charge in [0.25, 0.3) is 0 Å². The van der Waals surface area contributed by atoms with E-state index < -0.39 is 0 Å². The van der Waals surface area contributed by atoms with Crippen LogP contribution in [0.5, 0.6) is 0 Å². The van der Waals surface area contributed by atoms with Crippen molar-refractivity contribution in [2.24, 2.45) is 0 Å². The molecule has 3 rings (SSSR count). The van der Waals surface area contributed by atoms with Gasteiger partial charge in [-0.3, -0.25) is 4.79 Å². The largest absolute Gasteiger partial charge is 0.293 e. The first-order valence-electron chi connectivity index (χ1n) is 8.48. The Bertz CT molecular complexity index is 952. The third-order valence-corrected chi connectivity index (χ3v) is 5.68. The second-order valence-electron chi connectivity index (χ2n) is 6.51. The van der Waals surface area contributed by atoms with Gasteiger partial charge in [0, 0.05) is 5.56 Å². The third-order valence-electron chi connectivity index (χ3n) is 4.76. The van der Waals surface area contributed by atoms with Crippen molar-refractivity contribution in [2.75, 3.05) is 5.75 Å². The zero-order chi connectivity index (χ0) is 18.8. The number of nitrogens with zero attached hydrogens (tertiary/aromatic N) is 4. The first-order valence-corrected chi connectivity index (χ1v) is 9.46. The number of tetrazole rings is 1. The number of thioether (sulfide) groups is 1. The zero-order valence-electron chi connectivity index (χ0n) is 15.7. The third kappa shape index (κ3) is 3.42. The molecule has 26 heavy (non-hydrogen) atoms. The fraction of sp³-hybridized carbons (Fsp3) is 0.300. The number of ketones is 1. The van der Waals surface area contributed by atoms with Crippen molar-refractivity contribution in [2.45, 2.75) is 39.8 Å². The highest BCUT2D eigenvalue weighted by Crippen LogP contribution is 2.26. The Morgan fingerprint density at radius 1 is 1.00 bits per heavy atom. The van der Waals surface area contributed by atoms with Crippen LogP contribution in [0.15, 0.2) is 35.5 Å². The highest BCUT2D eigenvalue weighted by Gasteiger charge is 2.18. The molecule has 0 saturated heterocycles. The van der Waals surface area contributed by atoms with Crippen LogP contribution in [0.3, 0.4) is 0 Å². The fourth-order valence-corrected chi connectivity index (χ4v) is 3.81. The lowest BCUT2D eigenvalue weighted by atomic mass is 9.92. The molecule has 1 aromatic heterocycles. The lowest BCUT2D eigenvalue weighted by molar-refractivity contribution is 0.102. The average molecular weight is 366 g/mol. The van der Waals surface area contributed by atoms with E-state index in [9.17, 15) is 4.79 Å². The zero-order valence-corrected chi connectivity index (χ0v) is 16.5. The molecule has 2 aromatic carbocycles. The predicted molar refractivity (Wildman–Crippen MR) is 104 cm³/mol. The van der Waals surface area contributed by atoms with Gasteiger partial charge in [-0.2, -0.15) is 4.68 Å². The minimum Gasteiger partial charge on any atom is -0.293 e. The highest BCUT2D eigenvalue weighted by molar-refractivity contribution is 7.99. The number of aromatic nitrogens is 4. The SMILES string of the molecule is Cc1ccccc1-n1nnnc1SCC(=O)c1c(C)c(C)cc(C)c1C. The summed E-state index contributed by atoms with van der Waals surface area (Å²) in [6, 6.07) is 10.0. The van der Waals surface area contributed by atoms with Crippen LogP contribution in [0.25, 0.3) is 5.69 Å². The molecule has 6 heteroatoms. The normalized spacial score (nSPS) is 11.0. The van der Waals surface area contributed by atoms with Crippen LogP contribution in [0.1, 0.15) is 38.2 Å². The Labute approximate surface area is 157 Å². The van der Waals surface area contributed by atoms with Crippen LogP contribution in [0.2, 0.25) is 0 Å². The molecule has 0 amide bonds. The van der Waals surface area contributed by atoms with Gasteiger partial charge in [0.05, 0.1) is 11.4 Å². The smallest absolute Gasteiger partial charge is 0.214 e. The number of hydrogen-bond donors (Lipinski definition) is 0. The van der Waals surface area contributed by atoms with E-state index in [0.717, 1.165) is 39.1 Å². The Kier molecular flexibility index (Phi) is 5.23. The van der Waals surface area contributed by atoms with E-state index in [2.05, 4.69) is 21.6 Å². The maximum absolute atomic E-state index is 12.9. The van der Waals surface area contributed by atoms with Crippen molar-refractivity contribution in [1.82, 2.24) is 20.2 Å². The van der Waals surface area contributed by atoms with Crippen LogP contribution >= 0.6 is 11.8 Å². The molecule has 0 unspecified atom stereocenters. The Morgan fingerprint density at radius 3 is 2.31 bits per heavy atom. The van der Waals surface area contributed by atoms with Crippen LogP contribution in [0, 0.1) is 34.6 Å². The predicted octanol–water partition coefficient (Wildman–Crippen LogP) is 4.18. The lowest BCUT2D eigenvalue weighted by Gasteiger charge is -2.14. The molecule has 0 atom stereocenters. The van der Waals surface area contributed by atoms with E-state index in [-0.39, 0.29) is 5.78 Å². The molecule has 0 saturated carbocycles. The van der Waals surface area contributed by atoms with Crippen LogP contribution in [0.4, 0.5) is 0 Å². The van der Waals surface area contributed by atoms with Gasteiger partial charge in [0.2, 0.25) is 5.16 Å². The van der Waals surface area contributed by atoms with E-state index in [0.29, 0.717) is 10.9 Å². The van der Waals surface area contributed by atoms with E-state index in [1.165, 1.54) is 11.8 Å². The van der Waals surface area contributed by atoms with Gasteiger partial charge in [0.15, 0.2) is 5.78 Å². The second kappa shape index (κ2) is 7.41. The van der Waals surface area contributed by atoms with Gasteiger partial charge < -0.3 is 0 Å². The summed E-state index contributed by atoms with van der Waals surface area (Å²) >= 11 is 1.37. The number of Topliss-reactive ketones (excluding diaryl/α,β-unsaturated/α-hetero) is 1. The van der Waals surface area contributed by atoms with Crippen molar-refractivity contribution >= 4 is 17.5 Å². The molecule has 5 nitrogen and oxygen atoms in total. The molecule has 1 heterocycles. The summed E-state index contributed by atoms with van der Waals surface area (Å²) in [4.78, 5) is 12.9. The molecule has 0 N–H and O–H groups in total. The number of aryl methyl sites for hydroxylation is 3. The maximum atomic E-state index is 12.9. The van der Waals surface area contributed by atoms with Crippen molar-refractivity contribution in [3.05, 3.63) is 63.7 Å². The van der Waals surface area contributed by atoms with Crippen molar-refractivity contribution in [3.8, 4) is 5.69 Å². The number of hydrogen-bond acceptors (Lipinski definition) is 5. The molecule has 0 bridgehead atoms. The number of para-hydroxylation sites is 1. The molecule has 0 aliphatic rings. The molecular weight excluding hydrogens is 344 g/mol. The molecule has 0 spiro atoms. The van der Waals surface area contributed by atoms with Crippen LogP contribution in [-0.2, 0) is 0 Å². The van der Waals surface area contributed by atoms with Gasteiger partial charge in [-0.25, -0.2) is 0 Å². The van der Waals surface area contributed by atoms with Crippen molar-refractivity contribution < 1.29 is 4.79 Å². The summed E-state index contributed by atoms with van der Waals surface area (Å²) in [6.07, 6.45) is 0. The Hall–Kier alpha value is -2.47. The van der Waals surface area contributed by atoms with Crippen molar-refractivity contribution in [3.63, 3.8) is 0 Å².